The highest BCUT2D eigenvalue weighted by Crippen LogP contribution is 2.13. The van der Waals surface area contributed by atoms with Gasteiger partial charge >= 0.3 is 0 Å². The second-order valence-corrected chi connectivity index (χ2v) is 4.54. The summed E-state index contributed by atoms with van der Waals surface area (Å²) in [6, 6.07) is 7.41. The molecule has 0 spiro atoms. The van der Waals surface area contributed by atoms with E-state index >= 15 is 0 Å². The van der Waals surface area contributed by atoms with Gasteiger partial charge in [-0.25, -0.2) is 0 Å². The third kappa shape index (κ3) is 3.33. The third-order valence-corrected chi connectivity index (χ3v) is 3.16. The second-order valence-electron chi connectivity index (χ2n) is 3.42. The maximum atomic E-state index is 12.7. The average molecular weight is 261 g/mol. The number of aryl methyl sites for hydroxylation is 1. The summed E-state index contributed by atoms with van der Waals surface area (Å²) in [5.41, 5.74) is 1.23. The lowest BCUT2D eigenvalue weighted by atomic mass is 10.4. The van der Waals surface area contributed by atoms with Crippen LogP contribution >= 0.6 is 23.7 Å². The summed E-state index contributed by atoms with van der Waals surface area (Å²) in [5, 5.41) is 3.16. The van der Waals surface area contributed by atoms with Crippen molar-refractivity contribution in [3.63, 3.8) is 0 Å². The molecule has 5 heteroatoms. The number of hydrogen-bond donors (Lipinski definition) is 1. The van der Waals surface area contributed by atoms with E-state index in [-0.39, 0.29) is 17.5 Å². The lowest BCUT2D eigenvalue weighted by Crippen LogP contribution is -2.13. The molecule has 2 rings (SSSR count). The maximum Gasteiger partial charge on any atom is 0.176 e. The van der Waals surface area contributed by atoms with Crippen LogP contribution in [0.25, 0.3) is 0 Å². The number of halogens is 2. The van der Waals surface area contributed by atoms with Gasteiger partial charge in [-0.3, -0.25) is 0 Å². The number of thiophene rings is 1. The Kier molecular flexibility index (Phi) is 4.99. The van der Waals surface area contributed by atoms with Gasteiger partial charge in [0.15, 0.2) is 5.13 Å². The Balaban J connectivity index is 0.00000128. The highest BCUT2D eigenvalue weighted by Gasteiger charge is 1.99. The molecule has 1 N–H and O–H groups in total. The zero-order valence-electron chi connectivity index (χ0n) is 8.94. The van der Waals surface area contributed by atoms with Gasteiger partial charge < -0.3 is 9.88 Å². The molecule has 0 radical (unpaired) electrons. The van der Waals surface area contributed by atoms with E-state index in [1.54, 1.807) is 0 Å². The Morgan fingerprint density at radius 3 is 2.69 bits per heavy atom. The van der Waals surface area contributed by atoms with E-state index in [1.807, 2.05) is 25.4 Å². The Hall–Kier alpha value is -0.840. The first-order valence-corrected chi connectivity index (χ1v) is 5.62. The van der Waals surface area contributed by atoms with E-state index in [4.69, 9.17) is 0 Å². The number of hydrogen-bond acceptors (Lipinski definition) is 2. The lowest BCUT2D eigenvalue weighted by molar-refractivity contribution is 0.656. The molecule has 0 aliphatic rings. The van der Waals surface area contributed by atoms with Crippen LogP contribution in [0.5, 0.6) is 0 Å². The molecular formula is C11H14ClFN2S. The highest BCUT2D eigenvalue weighted by molar-refractivity contribution is 7.10. The van der Waals surface area contributed by atoms with Crippen LogP contribution in [0.4, 0.5) is 4.39 Å². The SMILES string of the molecule is Cl.Cn1cccc1CNCc1ccc(F)s1. The maximum absolute atomic E-state index is 12.7. The van der Waals surface area contributed by atoms with Gasteiger partial charge in [0, 0.05) is 36.9 Å². The minimum atomic E-state index is -0.120. The van der Waals surface area contributed by atoms with Gasteiger partial charge in [-0.1, -0.05) is 0 Å². The molecule has 0 aromatic carbocycles. The molecule has 2 aromatic rings. The summed E-state index contributed by atoms with van der Waals surface area (Å²) in [6.07, 6.45) is 2.02. The van der Waals surface area contributed by atoms with Crippen LogP contribution in [0, 0.1) is 5.13 Å². The summed E-state index contributed by atoms with van der Waals surface area (Å²) >= 11 is 1.19. The smallest absolute Gasteiger partial charge is 0.176 e. The van der Waals surface area contributed by atoms with E-state index in [9.17, 15) is 4.39 Å². The van der Waals surface area contributed by atoms with Crippen LogP contribution in [0.15, 0.2) is 30.5 Å². The molecule has 0 bridgehead atoms. The Morgan fingerprint density at radius 2 is 2.12 bits per heavy atom. The topological polar surface area (TPSA) is 17.0 Å². The van der Waals surface area contributed by atoms with Crippen molar-refractivity contribution in [3.05, 3.63) is 46.2 Å². The Morgan fingerprint density at radius 1 is 1.31 bits per heavy atom. The number of nitrogens with zero attached hydrogens (tertiary/aromatic N) is 1. The fourth-order valence-electron chi connectivity index (χ4n) is 1.44. The van der Waals surface area contributed by atoms with Gasteiger partial charge in [0.1, 0.15) is 0 Å². The molecule has 0 aliphatic carbocycles. The molecule has 2 nitrogen and oxygen atoms in total. The minimum Gasteiger partial charge on any atom is -0.353 e. The molecule has 0 aliphatic heterocycles. The van der Waals surface area contributed by atoms with E-state index in [0.717, 1.165) is 18.0 Å². The standard InChI is InChI=1S/C11H13FN2S.ClH/c1-14-6-2-3-9(14)7-13-8-10-4-5-11(12)15-10;/h2-6,13H,7-8H2,1H3;1H. The van der Waals surface area contributed by atoms with Crippen molar-refractivity contribution >= 4 is 23.7 Å². The average Bonchev–Trinajstić information content (AvgIpc) is 2.77. The molecule has 0 unspecified atom stereocenters. The molecule has 0 atom stereocenters. The molecule has 0 saturated carbocycles. The fourth-order valence-corrected chi connectivity index (χ4v) is 2.14. The summed E-state index contributed by atoms with van der Waals surface area (Å²) in [7, 11) is 2.02. The predicted octanol–water partition coefficient (Wildman–Crippen LogP) is 2.94. The second kappa shape index (κ2) is 6.03. The number of rotatable bonds is 4. The number of nitrogens with one attached hydrogen (secondary N) is 1. The van der Waals surface area contributed by atoms with Crippen molar-refractivity contribution in [2.24, 2.45) is 7.05 Å². The quantitative estimate of drug-likeness (QED) is 0.895. The molecule has 0 amide bonds. The van der Waals surface area contributed by atoms with Crippen molar-refractivity contribution < 1.29 is 4.39 Å². The van der Waals surface area contributed by atoms with E-state index in [1.165, 1.54) is 23.1 Å². The largest absolute Gasteiger partial charge is 0.353 e. The minimum absolute atomic E-state index is 0. The monoisotopic (exact) mass is 260 g/mol. The van der Waals surface area contributed by atoms with Crippen LogP contribution in [0.3, 0.4) is 0 Å². The lowest BCUT2D eigenvalue weighted by Gasteiger charge is -2.04. The van der Waals surface area contributed by atoms with Crippen LogP contribution in [-0.2, 0) is 20.1 Å². The van der Waals surface area contributed by atoms with Gasteiger partial charge in [-0.05, 0) is 24.3 Å². The number of aromatic nitrogens is 1. The molecule has 2 aromatic heterocycles. The predicted molar refractivity (Wildman–Crippen MR) is 67.5 cm³/mol. The molecule has 2 heterocycles. The highest BCUT2D eigenvalue weighted by atomic mass is 35.5. The van der Waals surface area contributed by atoms with Crippen LogP contribution in [0.2, 0.25) is 0 Å². The van der Waals surface area contributed by atoms with Crippen LogP contribution in [0.1, 0.15) is 10.6 Å². The third-order valence-electron chi connectivity index (χ3n) is 2.29. The van der Waals surface area contributed by atoms with Gasteiger partial charge in [-0.15, -0.1) is 23.7 Å². The van der Waals surface area contributed by atoms with E-state index in [2.05, 4.69) is 16.0 Å². The summed E-state index contributed by atoms with van der Waals surface area (Å²) in [6.45, 7) is 1.53. The van der Waals surface area contributed by atoms with Crippen molar-refractivity contribution in [1.29, 1.82) is 0 Å². The van der Waals surface area contributed by atoms with Crippen molar-refractivity contribution in [2.45, 2.75) is 13.1 Å². The Bertz CT molecular complexity index is 439. The van der Waals surface area contributed by atoms with Gasteiger partial charge in [0.05, 0.1) is 0 Å². The zero-order valence-corrected chi connectivity index (χ0v) is 10.6. The molecule has 0 fully saturated rings. The summed E-state index contributed by atoms with van der Waals surface area (Å²) in [5.74, 6) is 0. The summed E-state index contributed by atoms with van der Waals surface area (Å²) in [4.78, 5) is 1.03. The van der Waals surface area contributed by atoms with Crippen molar-refractivity contribution in [1.82, 2.24) is 9.88 Å². The first-order valence-electron chi connectivity index (χ1n) is 4.81. The van der Waals surface area contributed by atoms with Gasteiger partial charge in [-0.2, -0.15) is 4.39 Å². The van der Waals surface area contributed by atoms with Crippen molar-refractivity contribution in [2.75, 3.05) is 0 Å². The normalized spacial score (nSPS) is 10.1. The van der Waals surface area contributed by atoms with Gasteiger partial charge in [0.2, 0.25) is 0 Å². The first kappa shape index (κ1) is 13.2. The van der Waals surface area contributed by atoms with Crippen LogP contribution in [-0.4, -0.2) is 4.57 Å². The van der Waals surface area contributed by atoms with Gasteiger partial charge in [0.25, 0.3) is 0 Å². The molecular weight excluding hydrogens is 247 g/mol. The first-order chi connectivity index (χ1) is 7.25. The summed E-state index contributed by atoms with van der Waals surface area (Å²) < 4.78 is 14.7. The fraction of sp³-hybridized carbons (Fsp3) is 0.273. The molecule has 16 heavy (non-hydrogen) atoms. The van der Waals surface area contributed by atoms with Crippen molar-refractivity contribution in [3.8, 4) is 0 Å². The zero-order chi connectivity index (χ0) is 10.7. The molecule has 0 saturated heterocycles. The molecule has 88 valence electrons. The Labute approximate surface area is 105 Å². The van der Waals surface area contributed by atoms with Crippen LogP contribution < -0.4 is 5.32 Å². The van der Waals surface area contributed by atoms with E-state index < -0.39 is 0 Å². The van der Waals surface area contributed by atoms with E-state index in [0.29, 0.717) is 0 Å².